The average molecular weight is 306 g/mol. The van der Waals surface area contributed by atoms with Crippen LogP contribution in [0, 0.1) is 0 Å². The zero-order valence-electron chi connectivity index (χ0n) is 13.4. The van der Waals surface area contributed by atoms with Crippen LogP contribution >= 0.6 is 0 Å². The lowest BCUT2D eigenvalue weighted by Gasteiger charge is -2.23. The minimum atomic E-state index is 0.118. The summed E-state index contributed by atoms with van der Waals surface area (Å²) in [5.74, 6) is 2.10. The van der Waals surface area contributed by atoms with E-state index in [-0.39, 0.29) is 5.91 Å². The number of rotatable bonds is 8. The lowest BCUT2D eigenvalue weighted by atomic mass is 10.1. The molecule has 1 aliphatic carbocycles. The van der Waals surface area contributed by atoms with Crippen LogP contribution in [0.4, 0.5) is 0 Å². The van der Waals surface area contributed by atoms with Gasteiger partial charge in [-0.05, 0) is 52.1 Å². The quantitative estimate of drug-likeness (QED) is 0.794. The summed E-state index contributed by atoms with van der Waals surface area (Å²) in [6.07, 6.45) is 7.07. The summed E-state index contributed by atoms with van der Waals surface area (Å²) in [7, 11) is 0. The molecule has 1 aliphatic heterocycles. The second-order valence-electron chi connectivity index (χ2n) is 6.55. The van der Waals surface area contributed by atoms with Gasteiger partial charge in [-0.15, -0.1) is 0 Å². The molecular formula is C16H26N4O2. The molecule has 0 aromatic carbocycles. The van der Waals surface area contributed by atoms with Crippen molar-refractivity contribution in [2.24, 2.45) is 0 Å². The van der Waals surface area contributed by atoms with Crippen molar-refractivity contribution in [3.05, 3.63) is 11.7 Å². The van der Waals surface area contributed by atoms with Crippen molar-refractivity contribution < 1.29 is 9.32 Å². The maximum Gasteiger partial charge on any atom is 0.228 e. The number of carbonyl (C=O) groups is 1. The maximum absolute atomic E-state index is 11.9. The first-order valence-corrected chi connectivity index (χ1v) is 8.55. The first-order chi connectivity index (χ1) is 10.7. The fourth-order valence-corrected chi connectivity index (χ4v) is 2.98. The van der Waals surface area contributed by atoms with E-state index in [1.807, 2.05) is 0 Å². The van der Waals surface area contributed by atoms with Crippen molar-refractivity contribution in [2.75, 3.05) is 19.6 Å². The van der Waals surface area contributed by atoms with E-state index >= 15 is 0 Å². The summed E-state index contributed by atoms with van der Waals surface area (Å²) in [5.41, 5.74) is 0. The minimum absolute atomic E-state index is 0.118. The molecule has 6 nitrogen and oxygen atoms in total. The number of hydrogen-bond donors (Lipinski definition) is 1. The number of nitrogens with one attached hydrogen (secondary N) is 1. The lowest BCUT2D eigenvalue weighted by Crippen LogP contribution is -2.32. The van der Waals surface area contributed by atoms with E-state index in [0.717, 1.165) is 12.2 Å². The van der Waals surface area contributed by atoms with Crippen LogP contribution in [0.25, 0.3) is 0 Å². The molecule has 3 rings (SSSR count). The van der Waals surface area contributed by atoms with Crippen LogP contribution in [0.15, 0.2) is 4.52 Å². The Morgan fingerprint density at radius 1 is 1.41 bits per heavy atom. The van der Waals surface area contributed by atoms with Gasteiger partial charge in [-0.3, -0.25) is 4.79 Å². The third-order valence-electron chi connectivity index (χ3n) is 4.64. The molecule has 1 saturated heterocycles. The van der Waals surface area contributed by atoms with Crippen LogP contribution in [0.5, 0.6) is 0 Å². The van der Waals surface area contributed by atoms with Gasteiger partial charge in [-0.25, -0.2) is 0 Å². The summed E-state index contributed by atoms with van der Waals surface area (Å²) < 4.78 is 5.19. The summed E-state index contributed by atoms with van der Waals surface area (Å²) in [5, 5.41) is 6.92. The highest BCUT2D eigenvalue weighted by molar-refractivity contribution is 5.75. The predicted molar refractivity (Wildman–Crippen MR) is 82.5 cm³/mol. The van der Waals surface area contributed by atoms with Gasteiger partial charge in [0.25, 0.3) is 0 Å². The Kier molecular flexibility index (Phi) is 5.08. The average Bonchev–Trinajstić information content (AvgIpc) is 3.03. The molecule has 0 spiro atoms. The van der Waals surface area contributed by atoms with E-state index in [1.54, 1.807) is 0 Å². The Hall–Kier alpha value is -1.43. The zero-order valence-corrected chi connectivity index (χ0v) is 13.4. The molecule has 2 fully saturated rings. The fourth-order valence-electron chi connectivity index (χ4n) is 2.98. The topological polar surface area (TPSA) is 71.3 Å². The Morgan fingerprint density at radius 3 is 2.91 bits per heavy atom. The van der Waals surface area contributed by atoms with Crippen LogP contribution in [0.3, 0.4) is 0 Å². The Labute approximate surface area is 131 Å². The second kappa shape index (κ2) is 7.22. The van der Waals surface area contributed by atoms with Crippen molar-refractivity contribution in [3.63, 3.8) is 0 Å². The smallest absolute Gasteiger partial charge is 0.228 e. The molecule has 1 unspecified atom stereocenters. The van der Waals surface area contributed by atoms with E-state index < -0.39 is 0 Å². The second-order valence-corrected chi connectivity index (χ2v) is 6.55. The van der Waals surface area contributed by atoms with Crippen LogP contribution < -0.4 is 5.32 Å². The van der Waals surface area contributed by atoms with Crippen LogP contribution in [0.1, 0.15) is 63.1 Å². The summed E-state index contributed by atoms with van der Waals surface area (Å²) >= 11 is 0. The molecular weight excluding hydrogens is 280 g/mol. The number of likely N-dealkylation sites (tertiary alicyclic amines) is 1. The maximum atomic E-state index is 11.9. The Morgan fingerprint density at radius 2 is 2.18 bits per heavy atom. The highest BCUT2D eigenvalue weighted by atomic mass is 16.5. The van der Waals surface area contributed by atoms with E-state index in [4.69, 9.17) is 4.52 Å². The van der Waals surface area contributed by atoms with Gasteiger partial charge in [0.15, 0.2) is 5.82 Å². The number of hydrogen-bond acceptors (Lipinski definition) is 5. The van der Waals surface area contributed by atoms with Crippen molar-refractivity contribution in [2.45, 2.75) is 63.8 Å². The number of amides is 1. The van der Waals surface area contributed by atoms with Gasteiger partial charge in [0.2, 0.25) is 11.8 Å². The van der Waals surface area contributed by atoms with E-state index in [9.17, 15) is 4.79 Å². The third kappa shape index (κ3) is 4.29. The van der Waals surface area contributed by atoms with E-state index in [1.165, 1.54) is 38.8 Å². The van der Waals surface area contributed by atoms with Gasteiger partial charge >= 0.3 is 0 Å². The first kappa shape index (κ1) is 15.5. The van der Waals surface area contributed by atoms with Gasteiger partial charge in [-0.2, -0.15) is 4.98 Å². The summed E-state index contributed by atoms with van der Waals surface area (Å²) in [6.45, 7) is 5.16. The van der Waals surface area contributed by atoms with E-state index in [0.29, 0.717) is 37.2 Å². The van der Waals surface area contributed by atoms with Crippen molar-refractivity contribution in [3.8, 4) is 0 Å². The van der Waals surface area contributed by atoms with Gasteiger partial charge in [0, 0.05) is 31.3 Å². The highest BCUT2D eigenvalue weighted by Crippen LogP contribution is 2.38. The van der Waals surface area contributed by atoms with Crippen molar-refractivity contribution in [1.82, 2.24) is 20.4 Å². The fraction of sp³-hybridized carbons (Fsp3) is 0.812. The Balaban J connectivity index is 1.30. The molecule has 1 aromatic rings. The lowest BCUT2D eigenvalue weighted by molar-refractivity contribution is -0.121. The third-order valence-corrected chi connectivity index (χ3v) is 4.64. The summed E-state index contributed by atoms with van der Waals surface area (Å²) in [4.78, 5) is 18.7. The molecule has 1 saturated carbocycles. The number of nitrogens with zero attached hydrogens (tertiary/aromatic N) is 3. The monoisotopic (exact) mass is 306 g/mol. The predicted octanol–water partition coefficient (Wildman–Crippen LogP) is 1.87. The van der Waals surface area contributed by atoms with Gasteiger partial charge in [0.05, 0.1) is 0 Å². The molecule has 1 amide bonds. The van der Waals surface area contributed by atoms with E-state index in [2.05, 4.69) is 27.3 Å². The standard InChI is InChI=1S/C16H26N4O2/c1-12(20-10-2-3-11-20)4-7-14(21)17-9-8-15-18-16(19-22-15)13-5-6-13/h12-13H,2-11H2,1H3,(H,17,21). The molecule has 2 aliphatic rings. The van der Waals surface area contributed by atoms with Gasteiger partial charge in [-0.1, -0.05) is 5.16 Å². The minimum Gasteiger partial charge on any atom is -0.356 e. The highest BCUT2D eigenvalue weighted by Gasteiger charge is 2.28. The molecule has 122 valence electrons. The number of aromatic nitrogens is 2. The molecule has 0 bridgehead atoms. The van der Waals surface area contributed by atoms with Crippen LogP contribution in [0.2, 0.25) is 0 Å². The molecule has 6 heteroatoms. The molecule has 22 heavy (non-hydrogen) atoms. The molecule has 2 heterocycles. The summed E-state index contributed by atoms with van der Waals surface area (Å²) in [6, 6.07) is 0.505. The van der Waals surface area contributed by atoms with Crippen LogP contribution in [-0.2, 0) is 11.2 Å². The molecule has 1 atom stereocenters. The number of carbonyl (C=O) groups excluding carboxylic acids is 1. The first-order valence-electron chi connectivity index (χ1n) is 8.55. The zero-order chi connectivity index (χ0) is 15.4. The van der Waals surface area contributed by atoms with Gasteiger partial charge in [0.1, 0.15) is 0 Å². The van der Waals surface area contributed by atoms with Crippen LogP contribution in [-0.4, -0.2) is 46.6 Å². The van der Waals surface area contributed by atoms with Crippen molar-refractivity contribution in [1.29, 1.82) is 0 Å². The Bertz CT molecular complexity index is 492. The van der Waals surface area contributed by atoms with Crippen molar-refractivity contribution >= 4 is 5.91 Å². The molecule has 0 radical (unpaired) electrons. The molecule has 1 N–H and O–H groups in total. The normalized spacial score (nSPS) is 20.2. The molecule has 1 aromatic heterocycles. The largest absolute Gasteiger partial charge is 0.356 e. The van der Waals surface area contributed by atoms with Gasteiger partial charge < -0.3 is 14.7 Å². The SMILES string of the molecule is CC(CCC(=O)NCCc1nc(C2CC2)no1)N1CCCC1.